The van der Waals surface area contributed by atoms with Crippen LogP contribution in [0.25, 0.3) is 4.96 Å². The monoisotopic (exact) mass is 425 g/mol. The Morgan fingerprint density at radius 2 is 1.93 bits per heavy atom. The number of benzene rings is 1. The van der Waals surface area contributed by atoms with Crippen molar-refractivity contribution in [3.05, 3.63) is 47.7 Å². The van der Waals surface area contributed by atoms with Gasteiger partial charge < -0.3 is 14.5 Å². The molecule has 1 aromatic carbocycles. The van der Waals surface area contributed by atoms with Gasteiger partial charge in [-0.15, -0.1) is 11.3 Å². The number of hydrogen-bond donors (Lipinski definition) is 0. The summed E-state index contributed by atoms with van der Waals surface area (Å²) in [5.41, 5.74) is 1.81. The van der Waals surface area contributed by atoms with E-state index in [2.05, 4.69) is 26.9 Å². The van der Waals surface area contributed by atoms with Crippen molar-refractivity contribution in [3.8, 4) is 5.75 Å². The number of piperazine rings is 1. The number of fused-ring (bicyclic) bond motifs is 1. The van der Waals surface area contributed by atoms with Gasteiger partial charge in [-0.2, -0.15) is 0 Å². The standard InChI is InChI=1S/C22H27N5O2S/c1-29-19-6-4-17(5-7-19)24-9-11-25(12-10-24)18-3-2-8-26(15-18)21(28)20-16-27-13-14-30-22(27)23-20/h4-7,13-14,16,18H,2-3,8-12,15H2,1H3/t18-/m0/s1. The number of nitrogens with zero attached hydrogens (tertiary/aromatic N) is 5. The van der Waals surface area contributed by atoms with Crippen molar-refractivity contribution >= 4 is 27.9 Å². The molecule has 8 heteroatoms. The van der Waals surface area contributed by atoms with Crippen molar-refractivity contribution in [2.45, 2.75) is 18.9 Å². The molecule has 158 valence electrons. The first-order chi connectivity index (χ1) is 14.7. The summed E-state index contributed by atoms with van der Waals surface area (Å²) in [7, 11) is 1.70. The van der Waals surface area contributed by atoms with Gasteiger partial charge in [0.15, 0.2) is 4.96 Å². The molecular formula is C22H27N5O2S. The summed E-state index contributed by atoms with van der Waals surface area (Å²) in [6.07, 6.45) is 6.01. The Morgan fingerprint density at radius 1 is 1.13 bits per heavy atom. The predicted octanol–water partition coefficient (Wildman–Crippen LogP) is 2.83. The highest BCUT2D eigenvalue weighted by Crippen LogP contribution is 2.24. The molecule has 3 aromatic rings. The van der Waals surface area contributed by atoms with Crippen LogP contribution in [0.3, 0.4) is 0 Å². The number of anilines is 1. The fourth-order valence-corrected chi connectivity index (χ4v) is 5.27. The van der Waals surface area contributed by atoms with Gasteiger partial charge in [0.25, 0.3) is 5.91 Å². The lowest BCUT2D eigenvalue weighted by Gasteiger charge is -2.43. The first kappa shape index (κ1) is 19.4. The third kappa shape index (κ3) is 3.77. The van der Waals surface area contributed by atoms with Gasteiger partial charge in [-0.1, -0.05) is 0 Å². The molecule has 1 amide bonds. The molecule has 0 radical (unpaired) electrons. The minimum absolute atomic E-state index is 0.0625. The topological polar surface area (TPSA) is 53.3 Å². The lowest BCUT2D eigenvalue weighted by molar-refractivity contribution is 0.0559. The Morgan fingerprint density at radius 3 is 2.67 bits per heavy atom. The summed E-state index contributed by atoms with van der Waals surface area (Å²) in [5.74, 6) is 0.953. The highest BCUT2D eigenvalue weighted by Gasteiger charge is 2.31. The number of amides is 1. The number of likely N-dealkylation sites (tertiary alicyclic amines) is 1. The molecule has 2 fully saturated rings. The molecule has 2 aliphatic rings. The van der Waals surface area contributed by atoms with E-state index in [4.69, 9.17) is 4.74 Å². The minimum atomic E-state index is 0.0625. The molecule has 0 saturated carbocycles. The van der Waals surface area contributed by atoms with Crippen LogP contribution in [0, 0.1) is 0 Å². The second-order valence-corrected chi connectivity index (χ2v) is 8.86. The molecule has 0 N–H and O–H groups in total. The first-order valence-corrected chi connectivity index (χ1v) is 11.4. The van der Waals surface area contributed by atoms with Gasteiger partial charge in [-0.05, 0) is 37.1 Å². The molecule has 0 bridgehead atoms. The largest absolute Gasteiger partial charge is 0.497 e. The van der Waals surface area contributed by atoms with Gasteiger partial charge in [-0.3, -0.25) is 14.1 Å². The van der Waals surface area contributed by atoms with Crippen LogP contribution in [-0.2, 0) is 0 Å². The van der Waals surface area contributed by atoms with Crippen LogP contribution in [0.4, 0.5) is 5.69 Å². The number of carbonyl (C=O) groups excluding carboxylic acids is 1. The Labute approximate surface area is 180 Å². The Bertz CT molecular complexity index is 978. The van der Waals surface area contributed by atoms with Crippen molar-refractivity contribution < 1.29 is 9.53 Å². The van der Waals surface area contributed by atoms with Gasteiger partial charge in [0.1, 0.15) is 11.4 Å². The zero-order chi connectivity index (χ0) is 20.5. The average molecular weight is 426 g/mol. The van der Waals surface area contributed by atoms with Crippen molar-refractivity contribution in [1.29, 1.82) is 0 Å². The van der Waals surface area contributed by atoms with E-state index in [-0.39, 0.29) is 5.91 Å². The van der Waals surface area contributed by atoms with Crippen molar-refractivity contribution in [3.63, 3.8) is 0 Å². The van der Waals surface area contributed by atoms with E-state index in [0.29, 0.717) is 11.7 Å². The van der Waals surface area contributed by atoms with Crippen LogP contribution in [0.5, 0.6) is 5.75 Å². The quantitative estimate of drug-likeness (QED) is 0.643. The molecule has 0 unspecified atom stereocenters. The third-order valence-corrected chi connectivity index (χ3v) is 7.04. The zero-order valence-corrected chi connectivity index (χ0v) is 18.1. The number of rotatable bonds is 4. The number of thiazole rings is 1. The van der Waals surface area contributed by atoms with Gasteiger partial charge in [-0.25, -0.2) is 4.98 Å². The second-order valence-electron chi connectivity index (χ2n) is 7.99. The van der Waals surface area contributed by atoms with Gasteiger partial charge >= 0.3 is 0 Å². The Kier molecular flexibility index (Phi) is 5.35. The summed E-state index contributed by atoms with van der Waals surface area (Å²) in [5, 5.41) is 1.99. The number of hydrogen-bond acceptors (Lipinski definition) is 6. The molecule has 5 rings (SSSR count). The average Bonchev–Trinajstić information content (AvgIpc) is 3.41. The molecule has 2 aliphatic heterocycles. The molecule has 0 aliphatic carbocycles. The number of ether oxygens (including phenoxy) is 1. The lowest BCUT2D eigenvalue weighted by Crippen LogP contribution is -2.55. The molecule has 1 atom stereocenters. The third-order valence-electron chi connectivity index (χ3n) is 6.26. The second kappa shape index (κ2) is 8.28. The molecule has 2 saturated heterocycles. The van der Waals surface area contributed by atoms with Crippen LogP contribution < -0.4 is 9.64 Å². The molecule has 30 heavy (non-hydrogen) atoms. The first-order valence-electron chi connectivity index (χ1n) is 10.6. The number of methoxy groups -OCH3 is 1. The van der Waals surface area contributed by atoms with Crippen LogP contribution in [0.15, 0.2) is 42.0 Å². The highest BCUT2D eigenvalue weighted by atomic mass is 32.1. The molecular weight excluding hydrogens is 398 g/mol. The van der Waals surface area contributed by atoms with E-state index in [0.717, 1.165) is 62.8 Å². The molecule has 0 spiro atoms. The fraction of sp³-hybridized carbons (Fsp3) is 0.455. The van der Waals surface area contributed by atoms with Crippen LogP contribution in [0.1, 0.15) is 23.3 Å². The van der Waals surface area contributed by atoms with Crippen molar-refractivity contribution in [2.24, 2.45) is 0 Å². The van der Waals surface area contributed by atoms with E-state index in [9.17, 15) is 4.79 Å². The summed E-state index contributed by atoms with van der Waals surface area (Å²) in [6.45, 7) is 5.69. The summed E-state index contributed by atoms with van der Waals surface area (Å²) in [4.78, 5) is 25.4. The number of piperidine rings is 1. The smallest absolute Gasteiger partial charge is 0.274 e. The fourth-order valence-electron chi connectivity index (χ4n) is 4.57. The summed E-state index contributed by atoms with van der Waals surface area (Å²) < 4.78 is 7.19. The van der Waals surface area contributed by atoms with Gasteiger partial charge in [0.2, 0.25) is 0 Å². The predicted molar refractivity (Wildman–Crippen MR) is 119 cm³/mol. The van der Waals surface area contributed by atoms with E-state index in [1.807, 2.05) is 39.2 Å². The lowest BCUT2D eigenvalue weighted by atomic mass is 10.0. The van der Waals surface area contributed by atoms with E-state index >= 15 is 0 Å². The SMILES string of the molecule is COc1ccc(N2CCN([C@H]3CCCN(C(=O)c4cn5ccsc5n4)C3)CC2)cc1. The van der Waals surface area contributed by atoms with E-state index < -0.39 is 0 Å². The normalized spacial score (nSPS) is 20.6. The Hall–Kier alpha value is -2.58. The van der Waals surface area contributed by atoms with Crippen LogP contribution in [0.2, 0.25) is 0 Å². The molecule has 4 heterocycles. The minimum Gasteiger partial charge on any atom is -0.497 e. The van der Waals surface area contributed by atoms with Crippen molar-refractivity contribution in [2.75, 3.05) is 51.3 Å². The van der Waals surface area contributed by atoms with Gasteiger partial charge in [0, 0.05) is 68.8 Å². The zero-order valence-electron chi connectivity index (χ0n) is 17.2. The van der Waals surface area contributed by atoms with Gasteiger partial charge in [0.05, 0.1) is 7.11 Å². The van der Waals surface area contributed by atoms with Crippen molar-refractivity contribution in [1.82, 2.24) is 19.2 Å². The highest BCUT2D eigenvalue weighted by molar-refractivity contribution is 7.15. The molecule has 7 nitrogen and oxygen atoms in total. The number of aromatic nitrogens is 2. The maximum atomic E-state index is 13.0. The van der Waals surface area contributed by atoms with E-state index in [1.165, 1.54) is 5.69 Å². The van der Waals surface area contributed by atoms with Crippen LogP contribution in [-0.4, -0.2) is 77.5 Å². The molecule has 2 aromatic heterocycles. The van der Waals surface area contributed by atoms with Crippen LogP contribution >= 0.6 is 11.3 Å². The number of carbonyl (C=O) groups is 1. The maximum Gasteiger partial charge on any atom is 0.274 e. The maximum absolute atomic E-state index is 13.0. The van der Waals surface area contributed by atoms with E-state index in [1.54, 1.807) is 18.4 Å². The number of imidazole rings is 1. The summed E-state index contributed by atoms with van der Waals surface area (Å²) in [6, 6.07) is 8.74. The summed E-state index contributed by atoms with van der Waals surface area (Å²) >= 11 is 1.56. The Balaban J connectivity index is 1.19.